The van der Waals surface area contributed by atoms with Gasteiger partial charge in [-0.2, -0.15) is 0 Å². The maximum Gasteiger partial charge on any atom is 0.171 e. The number of ether oxygens (including phenoxy) is 2. The third-order valence-corrected chi connectivity index (χ3v) is 1.41. The summed E-state index contributed by atoms with van der Waals surface area (Å²) in [5.74, 6) is 1.31. The summed E-state index contributed by atoms with van der Waals surface area (Å²) >= 11 is 0. The van der Waals surface area contributed by atoms with Gasteiger partial charge in [-0.1, -0.05) is 13.2 Å². The first-order chi connectivity index (χ1) is 5.63. The Morgan fingerprint density at radius 1 is 1.00 bits per heavy atom. The first kappa shape index (κ1) is 8.65. The van der Waals surface area contributed by atoms with Gasteiger partial charge in [-0.25, -0.2) is 0 Å². The lowest BCUT2D eigenvalue weighted by atomic mass is 10.2. The van der Waals surface area contributed by atoms with Crippen molar-refractivity contribution in [3.05, 3.63) is 48.3 Å². The van der Waals surface area contributed by atoms with Crippen LogP contribution in [0.25, 0.3) is 0 Å². The van der Waals surface area contributed by atoms with Crippen LogP contribution in [0, 0.1) is 0 Å². The highest BCUT2D eigenvalue weighted by Gasteiger charge is 2.13. The third-order valence-electron chi connectivity index (χ3n) is 1.41. The second-order valence-corrected chi connectivity index (χ2v) is 2.73. The Labute approximate surface area is 72.5 Å². The summed E-state index contributed by atoms with van der Waals surface area (Å²) in [4.78, 5) is 0. The molecule has 64 valence electrons. The normalized spacial score (nSPS) is 15.2. The number of hydrogen-bond acceptors (Lipinski definition) is 2. The molecule has 0 aromatic rings. The van der Waals surface area contributed by atoms with Gasteiger partial charge < -0.3 is 9.47 Å². The maximum absolute atomic E-state index is 5.23. The zero-order chi connectivity index (χ0) is 9.14. The van der Waals surface area contributed by atoms with E-state index in [0.717, 1.165) is 11.1 Å². The van der Waals surface area contributed by atoms with Crippen LogP contribution in [-0.2, 0) is 9.47 Å². The molecule has 12 heavy (non-hydrogen) atoms. The van der Waals surface area contributed by atoms with Crippen LogP contribution in [0.5, 0.6) is 0 Å². The summed E-state index contributed by atoms with van der Waals surface area (Å²) < 4.78 is 10.5. The van der Waals surface area contributed by atoms with Crippen LogP contribution in [0.1, 0.15) is 13.8 Å². The smallest absolute Gasteiger partial charge is 0.171 e. The predicted octanol–water partition coefficient (Wildman–Crippen LogP) is 2.87. The first-order valence-electron chi connectivity index (χ1n) is 3.67. The molecule has 0 N–H and O–H groups in total. The van der Waals surface area contributed by atoms with E-state index < -0.39 is 0 Å². The largest absolute Gasteiger partial charge is 0.458 e. The maximum atomic E-state index is 5.23. The molecular formula is C10H12O2. The molecule has 1 rings (SSSR count). The Hall–Kier alpha value is -1.44. The highest BCUT2D eigenvalue weighted by atomic mass is 16.5. The fourth-order valence-corrected chi connectivity index (χ4v) is 0.887. The van der Waals surface area contributed by atoms with Crippen molar-refractivity contribution in [1.29, 1.82) is 0 Å². The average molecular weight is 164 g/mol. The molecule has 0 unspecified atom stereocenters. The minimum atomic E-state index is 0.657. The van der Waals surface area contributed by atoms with Crippen molar-refractivity contribution >= 4 is 0 Å². The third kappa shape index (κ3) is 1.59. The van der Waals surface area contributed by atoms with Crippen molar-refractivity contribution < 1.29 is 9.47 Å². The van der Waals surface area contributed by atoms with Crippen molar-refractivity contribution in [2.45, 2.75) is 13.8 Å². The molecule has 0 fully saturated rings. The van der Waals surface area contributed by atoms with Gasteiger partial charge in [0.05, 0.1) is 0 Å². The minimum absolute atomic E-state index is 0.657. The van der Waals surface area contributed by atoms with Crippen molar-refractivity contribution in [3.63, 3.8) is 0 Å². The standard InChI is InChI=1S/C10H12O2/c1-7(2)9-10(8(3)4)12-6-5-11-9/h5-6H,1,3H2,2,4H3. The van der Waals surface area contributed by atoms with Crippen LogP contribution in [0.3, 0.4) is 0 Å². The zero-order valence-electron chi connectivity index (χ0n) is 7.39. The molecule has 0 radical (unpaired) electrons. The molecule has 0 aromatic carbocycles. The van der Waals surface area contributed by atoms with Gasteiger partial charge in [-0.3, -0.25) is 0 Å². The summed E-state index contributed by atoms with van der Waals surface area (Å²) in [7, 11) is 0. The highest BCUT2D eigenvalue weighted by Crippen LogP contribution is 2.24. The van der Waals surface area contributed by atoms with E-state index in [-0.39, 0.29) is 0 Å². The number of hydrogen-bond donors (Lipinski definition) is 0. The molecule has 0 aromatic heterocycles. The van der Waals surface area contributed by atoms with E-state index >= 15 is 0 Å². The second kappa shape index (κ2) is 3.30. The molecule has 0 saturated carbocycles. The molecule has 0 atom stereocenters. The van der Waals surface area contributed by atoms with Crippen LogP contribution in [-0.4, -0.2) is 0 Å². The van der Waals surface area contributed by atoms with Crippen molar-refractivity contribution in [1.82, 2.24) is 0 Å². The SMILES string of the molecule is C=C(C)C1=C(C(=C)C)OC=CO1. The first-order valence-corrected chi connectivity index (χ1v) is 3.67. The highest BCUT2D eigenvalue weighted by molar-refractivity contribution is 5.35. The van der Waals surface area contributed by atoms with Crippen LogP contribution in [0.4, 0.5) is 0 Å². The summed E-state index contributed by atoms with van der Waals surface area (Å²) in [6, 6.07) is 0. The van der Waals surface area contributed by atoms with E-state index in [2.05, 4.69) is 13.2 Å². The van der Waals surface area contributed by atoms with Gasteiger partial charge in [-0.05, 0) is 25.0 Å². The van der Waals surface area contributed by atoms with Gasteiger partial charge in [0.1, 0.15) is 12.5 Å². The number of rotatable bonds is 2. The molecular weight excluding hydrogens is 152 g/mol. The van der Waals surface area contributed by atoms with Gasteiger partial charge in [0, 0.05) is 0 Å². The van der Waals surface area contributed by atoms with Crippen molar-refractivity contribution in [3.8, 4) is 0 Å². The molecule has 1 aliphatic heterocycles. The average Bonchev–Trinajstić information content (AvgIpc) is 2.04. The van der Waals surface area contributed by atoms with E-state index in [0.29, 0.717) is 11.5 Å². The molecule has 1 heterocycles. The summed E-state index contributed by atoms with van der Waals surface area (Å²) in [5, 5.41) is 0. The van der Waals surface area contributed by atoms with Crippen molar-refractivity contribution in [2.75, 3.05) is 0 Å². The predicted molar refractivity (Wildman–Crippen MR) is 48.0 cm³/mol. The quantitative estimate of drug-likeness (QED) is 0.624. The molecule has 2 heteroatoms. The van der Waals surface area contributed by atoms with Gasteiger partial charge in [0.2, 0.25) is 0 Å². The van der Waals surface area contributed by atoms with Gasteiger partial charge in [0.25, 0.3) is 0 Å². The fraction of sp³-hybridized carbons (Fsp3) is 0.200. The fourth-order valence-electron chi connectivity index (χ4n) is 0.887. The lowest BCUT2D eigenvalue weighted by molar-refractivity contribution is 0.240. The lowest BCUT2D eigenvalue weighted by Gasteiger charge is -2.16. The van der Waals surface area contributed by atoms with E-state index in [1.807, 2.05) is 13.8 Å². The van der Waals surface area contributed by atoms with Crippen LogP contribution < -0.4 is 0 Å². The Kier molecular flexibility index (Phi) is 2.38. The van der Waals surface area contributed by atoms with Gasteiger partial charge in [0.15, 0.2) is 11.5 Å². The summed E-state index contributed by atoms with van der Waals surface area (Å²) in [5.41, 5.74) is 1.66. The second-order valence-electron chi connectivity index (χ2n) is 2.73. The Morgan fingerprint density at radius 2 is 1.33 bits per heavy atom. The molecule has 0 spiro atoms. The van der Waals surface area contributed by atoms with Crippen LogP contribution in [0.2, 0.25) is 0 Å². The Balaban J connectivity index is 3.01. The summed E-state index contributed by atoms with van der Waals surface area (Å²) in [6.07, 6.45) is 2.97. The van der Waals surface area contributed by atoms with Gasteiger partial charge >= 0.3 is 0 Å². The molecule has 1 aliphatic rings. The molecule has 0 saturated heterocycles. The lowest BCUT2D eigenvalue weighted by Crippen LogP contribution is -2.02. The van der Waals surface area contributed by atoms with Gasteiger partial charge in [-0.15, -0.1) is 0 Å². The molecule has 2 nitrogen and oxygen atoms in total. The summed E-state index contributed by atoms with van der Waals surface area (Å²) in [6.45, 7) is 11.3. The Morgan fingerprint density at radius 3 is 1.58 bits per heavy atom. The van der Waals surface area contributed by atoms with E-state index in [4.69, 9.17) is 9.47 Å². The van der Waals surface area contributed by atoms with Crippen LogP contribution >= 0.6 is 0 Å². The van der Waals surface area contributed by atoms with Crippen LogP contribution in [0.15, 0.2) is 48.3 Å². The topological polar surface area (TPSA) is 18.5 Å². The zero-order valence-corrected chi connectivity index (χ0v) is 7.39. The van der Waals surface area contributed by atoms with E-state index in [9.17, 15) is 0 Å². The number of allylic oxidation sites excluding steroid dienone is 2. The minimum Gasteiger partial charge on any atom is -0.458 e. The monoisotopic (exact) mass is 164 g/mol. The molecule has 0 amide bonds. The van der Waals surface area contributed by atoms with E-state index in [1.165, 1.54) is 12.5 Å². The molecule has 0 aliphatic carbocycles. The van der Waals surface area contributed by atoms with Crippen molar-refractivity contribution in [2.24, 2.45) is 0 Å². The Bertz CT molecular complexity index is 254. The molecule has 0 bridgehead atoms. The van der Waals surface area contributed by atoms with E-state index in [1.54, 1.807) is 0 Å².